The molecular weight excluding hydrogens is 424 g/mol. The van der Waals surface area contributed by atoms with Crippen LogP contribution in [0.25, 0.3) is 0 Å². The van der Waals surface area contributed by atoms with E-state index in [4.69, 9.17) is 18.9 Å². The Morgan fingerprint density at radius 1 is 0.939 bits per heavy atom. The lowest BCUT2D eigenvalue weighted by Crippen LogP contribution is -2.50. The first-order valence-electron chi connectivity index (χ1n) is 11.4. The number of carbonyl (C=O) groups excluding carboxylic acids is 2. The smallest absolute Gasteiger partial charge is 0.254 e. The molecule has 0 aliphatic carbocycles. The molecule has 8 nitrogen and oxygen atoms in total. The van der Waals surface area contributed by atoms with E-state index >= 15 is 0 Å². The van der Waals surface area contributed by atoms with Crippen LogP contribution in [-0.2, 0) is 9.53 Å². The maximum atomic E-state index is 13.3. The van der Waals surface area contributed by atoms with Crippen molar-refractivity contribution in [2.45, 2.75) is 18.9 Å². The fraction of sp³-hybridized carbons (Fsp3) is 0.440. The van der Waals surface area contributed by atoms with Crippen LogP contribution >= 0.6 is 0 Å². The molecule has 0 spiro atoms. The standard InChI is InChI=1S/C25H28N2O6/c28-24(26-10-12-30-13-11-26)15-19-16-27(9-8-21(19)33-20-4-2-1-3-5-20)25(29)18-6-7-22-23(14-18)32-17-31-22/h1-7,14,19,21H,8-13,15-17H2/t19-,21-/m0/s1. The fourth-order valence-corrected chi connectivity index (χ4v) is 4.60. The van der Waals surface area contributed by atoms with E-state index in [2.05, 4.69) is 0 Å². The molecule has 174 valence electrons. The lowest BCUT2D eigenvalue weighted by molar-refractivity contribution is -0.137. The Hall–Kier alpha value is -3.26. The summed E-state index contributed by atoms with van der Waals surface area (Å²) in [6.07, 6.45) is 0.854. The van der Waals surface area contributed by atoms with Crippen LogP contribution in [-0.4, -0.2) is 73.9 Å². The molecule has 0 unspecified atom stereocenters. The number of hydrogen-bond donors (Lipinski definition) is 0. The maximum Gasteiger partial charge on any atom is 0.254 e. The molecule has 2 fully saturated rings. The minimum absolute atomic E-state index is 0.0738. The average Bonchev–Trinajstić information content (AvgIpc) is 3.34. The van der Waals surface area contributed by atoms with Crippen molar-refractivity contribution in [1.29, 1.82) is 0 Å². The third-order valence-electron chi connectivity index (χ3n) is 6.40. The van der Waals surface area contributed by atoms with Crippen LogP contribution in [0, 0.1) is 5.92 Å². The monoisotopic (exact) mass is 452 g/mol. The molecule has 8 heteroatoms. The van der Waals surface area contributed by atoms with Crippen LogP contribution in [0.2, 0.25) is 0 Å². The van der Waals surface area contributed by atoms with Gasteiger partial charge in [-0.15, -0.1) is 0 Å². The SMILES string of the molecule is O=C(C[C@H]1CN(C(=O)c2ccc3c(c2)OCO3)CC[C@@H]1Oc1ccccc1)N1CCOCC1. The Kier molecular flexibility index (Phi) is 6.35. The van der Waals surface area contributed by atoms with Crippen molar-refractivity contribution < 1.29 is 28.5 Å². The van der Waals surface area contributed by atoms with Crippen molar-refractivity contribution >= 4 is 11.8 Å². The summed E-state index contributed by atoms with van der Waals surface area (Å²) in [6.45, 7) is 3.53. The predicted octanol–water partition coefficient (Wildman–Crippen LogP) is 2.57. The van der Waals surface area contributed by atoms with Crippen LogP contribution in [0.5, 0.6) is 17.2 Å². The zero-order valence-electron chi connectivity index (χ0n) is 18.5. The van der Waals surface area contributed by atoms with E-state index < -0.39 is 0 Å². The number of carbonyl (C=O) groups is 2. The number of para-hydroxylation sites is 1. The van der Waals surface area contributed by atoms with Gasteiger partial charge in [-0.1, -0.05) is 18.2 Å². The number of piperidine rings is 1. The summed E-state index contributed by atoms with van der Waals surface area (Å²) in [6, 6.07) is 14.9. The molecule has 33 heavy (non-hydrogen) atoms. The highest BCUT2D eigenvalue weighted by molar-refractivity contribution is 5.95. The summed E-state index contributed by atoms with van der Waals surface area (Å²) in [5.74, 6) is 1.92. The number of rotatable bonds is 5. The van der Waals surface area contributed by atoms with E-state index in [0.29, 0.717) is 69.3 Å². The highest BCUT2D eigenvalue weighted by atomic mass is 16.7. The second kappa shape index (κ2) is 9.70. The lowest BCUT2D eigenvalue weighted by Gasteiger charge is -2.39. The van der Waals surface area contributed by atoms with Gasteiger partial charge in [-0.2, -0.15) is 0 Å². The zero-order valence-corrected chi connectivity index (χ0v) is 18.5. The Morgan fingerprint density at radius 2 is 1.73 bits per heavy atom. The number of nitrogens with zero attached hydrogens (tertiary/aromatic N) is 2. The van der Waals surface area contributed by atoms with Crippen LogP contribution in [0.15, 0.2) is 48.5 Å². The summed E-state index contributed by atoms with van der Waals surface area (Å²) < 4.78 is 22.4. The van der Waals surface area contributed by atoms with Gasteiger partial charge >= 0.3 is 0 Å². The summed E-state index contributed by atoms with van der Waals surface area (Å²) in [4.78, 5) is 30.0. The van der Waals surface area contributed by atoms with Gasteiger partial charge in [0.15, 0.2) is 11.5 Å². The average molecular weight is 453 g/mol. The van der Waals surface area contributed by atoms with Gasteiger partial charge in [0.25, 0.3) is 5.91 Å². The molecule has 3 aliphatic rings. The molecule has 2 aromatic carbocycles. The molecule has 2 atom stereocenters. The Morgan fingerprint density at radius 3 is 2.55 bits per heavy atom. The lowest BCUT2D eigenvalue weighted by atomic mass is 9.90. The molecule has 0 saturated carbocycles. The van der Waals surface area contributed by atoms with Gasteiger partial charge in [0.05, 0.1) is 13.2 Å². The van der Waals surface area contributed by atoms with Crippen LogP contribution in [0.3, 0.4) is 0 Å². The number of fused-ring (bicyclic) bond motifs is 1. The quantitative estimate of drug-likeness (QED) is 0.694. The summed E-state index contributed by atoms with van der Waals surface area (Å²) in [5, 5.41) is 0. The predicted molar refractivity (Wildman–Crippen MR) is 119 cm³/mol. The van der Waals surface area contributed by atoms with Gasteiger partial charge in [0.2, 0.25) is 12.7 Å². The molecule has 2 amide bonds. The van der Waals surface area contributed by atoms with E-state index in [1.807, 2.05) is 40.1 Å². The van der Waals surface area contributed by atoms with E-state index in [0.717, 1.165) is 5.75 Å². The normalized spacial score (nSPS) is 22.2. The second-order valence-corrected chi connectivity index (χ2v) is 8.53. The molecule has 0 N–H and O–H groups in total. The summed E-state index contributed by atoms with van der Waals surface area (Å²) >= 11 is 0. The van der Waals surface area contributed by atoms with Crippen molar-refractivity contribution in [2.24, 2.45) is 5.92 Å². The van der Waals surface area contributed by atoms with Gasteiger partial charge in [0.1, 0.15) is 11.9 Å². The van der Waals surface area contributed by atoms with Crippen LogP contribution in [0.4, 0.5) is 0 Å². The minimum Gasteiger partial charge on any atom is -0.490 e. The molecule has 2 saturated heterocycles. The molecule has 0 bridgehead atoms. The molecular formula is C25H28N2O6. The van der Waals surface area contributed by atoms with E-state index in [-0.39, 0.29) is 30.6 Å². The number of amides is 2. The van der Waals surface area contributed by atoms with Crippen LogP contribution < -0.4 is 14.2 Å². The van der Waals surface area contributed by atoms with Crippen molar-refractivity contribution in [3.8, 4) is 17.2 Å². The van der Waals surface area contributed by atoms with Crippen molar-refractivity contribution in [2.75, 3.05) is 46.2 Å². The third-order valence-corrected chi connectivity index (χ3v) is 6.40. The molecule has 3 heterocycles. The van der Waals surface area contributed by atoms with Crippen molar-refractivity contribution in [3.63, 3.8) is 0 Å². The second-order valence-electron chi connectivity index (χ2n) is 8.53. The van der Waals surface area contributed by atoms with Crippen LogP contribution in [0.1, 0.15) is 23.2 Å². The third kappa shape index (κ3) is 4.90. The Balaban J connectivity index is 1.31. The van der Waals surface area contributed by atoms with Gasteiger partial charge in [-0.05, 0) is 30.3 Å². The largest absolute Gasteiger partial charge is 0.490 e. The van der Waals surface area contributed by atoms with Crippen molar-refractivity contribution in [1.82, 2.24) is 9.80 Å². The maximum absolute atomic E-state index is 13.3. The number of morpholine rings is 1. The van der Waals surface area contributed by atoms with Crippen molar-refractivity contribution in [3.05, 3.63) is 54.1 Å². The number of likely N-dealkylation sites (tertiary alicyclic amines) is 1. The van der Waals surface area contributed by atoms with E-state index in [9.17, 15) is 9.59 Å². The number of benzene rings is 2. The first-order valence-corrected chi connectivity index (χ1v) is 11.4. The number of ether oxygens (including phenoxy) is 4. The minimum atomic E-state index is -0.141. The fourth-order valence-electron chi connectivity index (χ4n) is 4.60. The Bertz CT molecular complexity index is 992. The highest BCUT2D eigenvalue weighted by Gasteiger charge is 2.36. The molecule has 0 aromatic heterocycles. The van der Waals surface area contributed by atoms with Gasteiger partial charge in [-0.3, -0.25) is 9.59 Å². The van der Waals surface area contributed by atoms with E-state index in [1.165, 1.54) is 0 Å². The molecule has 5 rings (SSSR count). The van der Waals surface area contributed by atoms with Gasteiger partial charge in [0, 0.05) is 50.5 Å². The first-order chi connectivity index (χ1) is 16.2. The summed E-state index contributed by atoms with van der Waals surface area (Å²) in [5.41, 5.74) is 0.555. The summed E-state index contributed by atoms with van der Waals surface area (Å²) in [7, 11) is 0. The molecule has 3 aliphatic heterocycles. The van der Waals surface area contributed by atoms with Gasteiger partial charge in [-0.25, -0.2) is 0 Å². The molecule has 2 aromatic rings. The molecule has 0 radical (unpaired) electrons. The Labute approximate surface area is 193 Å². The topological polar surface area (TPSA) is 77.5 Å². The highest BCUT2D eigenvalue weighted by Crippen LogP contribution is 2.34. The zero-order chi connectivity index (χ0) is 22.6. The van der Waals surface area contributed by atoms with Gasteiger partial charge < -0.3 is 28.7 Å². The first kappa shape index (κ1) is 21.6. The van der Waals surface area contributed by atoms with E-state index in [1.54, 1.807) is 18.2 Å². The number of hydrogen-bond acceptors (Lipinski definition) is 6.